The molecule has 0 spiro atoms. The van der Waals surface area contributed by atoms with E-state index >= 15 is 8.78 Å². The van der Waals surface area contributed by atoms with Crippen LogP contribution < -0.4 is 9.64 Å². The molecule has 12 heteroatoms. The second-order valence-electron chi connectivity index (χ2n) is 12.3. The first-order valence-electron chi connectivity index (χ1n) is 15.5. The molecule has 3 aromatic carbocycles. The van der Waals surface area contributed by atoms with Crippen LogP contribution in [-0.2, 0) is 11.8 Å². The molecule has 3 aliphatic heterocycles. The number of terminal acetylenes is 1. The van der Waals surface area contributed by atoms with Gasteiger partial charge in [-0.15, -0.1) is 6.42 Å². The predicted molar refractivity (Wildman–Crippen MR) is 168 cm³/mol. The van der Waals surface area contributed by atoms with Crippen LogP contribution in [0.2, 0.25) is 0 Å². The molecule has 1 N–H and O–H groups in total. The van der Waals surface area contributed by atoms with Crippen molar-refractivity contribution in [3.05, 3.63) is 47.7 Å². The van der Waals surface area contributed by atoms with Crippen LogP contribution in [0.1, 0.15) is 24.8 Å². The smallest absolute Gasteiger partial charge is 0.320 e. The molecule has 46 heavy (non-hydrogen) atoms. The Kier molecular flexibility index (Phi) is 6.92. The fourth-order valence-electron chi connectivity index (χ4n) is 7.47. The van der Waals surface area contributed by atoms with E-state index in [1.165, 1.54) is 24.3 Å². The summed E-state index contributed by atoms with van der Waals surface area (Å²) in [5.41, 5.74) is 0.404. The van der Waals surface area contributed by atoms with Gasteiger partial charge < -0.3 is 19.5 Å². The van der Waals surface area contributed by atoms with Crippen molar-refractivity contribution < 1.29 is 27.8 Å². The number of aryl methyl sites for hydroxylation is 1. The van der Waals surface area contributed by atoms with Crippen molar-refractivity contribution in [3.8, 4) is 35.2 Å². The normalized spacial score (nSPS) is 23.2. The van der Waals surface area contributed by atoms with Crippen LogP contribution in [0, 0.1) is 29.9 Å². The first-order chi connectivity index (χ1) is 22.3. The molecule has 8 rings (SSSR count). The summed E-state index contributed by atoms with van der Waals surface area (Å²) in [5.74, 6) is 1.31. The van der Waals surface area contributed by atoms with Gasteiger partial charge in [0.15, 0.2) is 12.0 Å². The fraction of sp³-hybridized carbons (Fsp3) is 0.382. The highest BCUT2D eigenvalue weighted by Crippen LogP contribution is 2.45. The standard InChI is InChI=1S/C34H31F3N6O3/c1-3-22-25(36)7-6-18-14-21(44)15-23(26(18)22)27-29(37)31-28(24-17-41(2)40-30(24)27)32(42-9-11-45-12-10-42)39-34(38-31)46-33-19-5-4-8-43(33)16-20(35)13-19/h1,6-7,14-15,17,19-20,33,44H,4-5,8-13,16H2,2H3/t19-,20-,33?/m1/s1. The van der Waals surface area contributed by atoms with Gasteiger partial charge in [0.05, 0.1) is 24.2 Å². The Labute approximate surface area is 262 Å². The Morgan fingerprint density at radius 2 is 1.91 bits per heavy atom. The summed E-state index contributed by atoms with van der Waals surface area (Å²) < 4.78 is 60.5. The van der Waals surface area contributed by atoms with Gasteiger partial charge in [-0.25, -0.2) is 13.2 Å². The number of piperidine rings is 2. The lowest BCUT2D eigenvalue weighted by molar-refractivity contribution is -0.0989. The zero-order valence-corrected chi connectivity index (χ0v) is 25.1. The summed E-state index contributed by atoms with van der Waals surface area (Å²) >= 11 is 0. The van der Waals surface area contributed by atoms with Gasteiger partial charge in [-0.3, -0.25) is 9.58 Å². The largest absolute Gasteiger partial charge is 0.508 e. The molecule has 0 saturated carbocycles. The van der Waals surface area contributed by atoms with E-state index in [4.69, 9.17) is 20.9 Å². The molecule has 2 aromatic heterocycles. The summed E-state index contributed by atoms with van der Waals surface area (Å²) in [7, 11) is 1.72. The number of benzene rings is 3. The number of hydrogen-bond donors (Lipinski definition) is 1. The molecule has 2 bridgehead atoms. The average molecular weight is 629 g/mol. The number of aromatic nitrogens is 4. The minimum atomic E-state index is -0.930. The number of fused-ring (bicyclic) bond motifs is 6. The molecule has 3 aliphatic rings. The van der Waals surface area contributed by atoms with Gasteiger partial charge in [0, 0.05) is 61.7 Å². The van der Waals surface area contributed by atoms with Crippen LogP contribution in [0.25, 0.3) is 43.7 Å². The van der Waals surface area contributed by atoms with Gasteiger partial charge in [-0.05, 0) is 48.4 Å². The summed E-state index contributed by atoms with van der Waals surface area (Å²) in [4.78, 5) is 13.5. The minimum absolute atomic E-state index is 0.0160. The lowest BCUT2D eigenvalue weighted by atomic mass is 9.86. The molecular formula is C34H31F3N6O3. The first kappa shape index (κ1) is 28.8. The van der Waals surface area contributed by atoms with Gasteiger partial charge >= 0.3 is 6.01 Å². The Morgan fingerprint density at radius 3 is 2.70 bits per heavy atom. The molecule has 0 aliphatic carbocycles. The molecule has 5 heterocycles. The number of alkyl halides is 1. The minimum Gasteiger partial charge on any atom is -0.508 e. The number of ether oxygens (including phenoxy) is 2. The molecule has 0 radical (unpaired) electrons. The number of aromatic hydroxyl groups is 1. The van der Waals surface area contributed by atoms with E-state index in [9.17, 15) is 9.50 Å². The monoisotopic (exact) mass is 628 g/mol. The zero-order chi connectivity index (χ0) is 31.7. The number of phenolic OH excluding ortho intramolecular Hbond substituents is 1. The van der Waals surface area contributed by atoms with Gasteiger partial charge in [-0.1, -0.05) is 12.0 Å². The third-order valence-corrected chi connectivity index (χ3v) is 9.41. The van der Waals surface area contributed by atoms with Crippen LogP contribution in [0.4, 0.5) is 19.0 Å². The summed E-state index contributed by atoms with van der Waals surface area (Å²) in [6.07, 6.45) is 8.31. The number of morpholine rings is 1. The third kappa shape index (κ3) is 4.60. The van der Waals surface area contributed by atoms with Crippen molar-refractivity contribution in [1.82, 2.24) is 24.6 Å². The van der Waals surface area contributed by atoms with Gasteiger partial charge in [0.2, 0.25) is 0 Å². The number of halogens is 3. The number of phenols is 1. The highest BCUT2D eigenvalue weighted by molar-refractivity contribution is 6.18. The summed E-state index contributed by atoms with van der Waals surface area (Å²) in [6, 6.07) is 5.52. The maximum absolute atomic E-state index is 17.4. The van der Waals surface area contributed by atoms with Crippen LogP contribution in [0.3, 0.4) is 0 Å². The fourth-order valence-corrected chi connectivity index (χ4v) is 7.47. The molecule has 9 nitrogen and oxygen atoms in total. The molecule has 4 atom stereocenters. The van der Waals surface area contributed by atoms with Crippen molar-refractivity contribution in [2.45, 2.75) is 31.7 Å². The second kappa shape index (κ2) is 11.0. The van der Waals surface area contributed by atoms with Crippen molar-refractivity contribution in [3.63, 3.8) is 0 Å². The Hall–Kier alpha value is -4.60. The topological polar surface area (TPSA) is 88.8 Å². The zero-order valence-electron chi connectivity index (χ0n) is 25.1. The number of rotatable bonds is 4. The van der Waals surface area contributed by atoms with Crippen LogP contribution in [0.15, 0.2) is 30.5 Å². The molecule has 236 valence electrons. The molecule has 3 saturated heterocycles. The highest BCUT2D eigenvalue weighted by Gasteiger charge is 2.41. The first-order valence-corrected chi connectivity index (χ1v) is 15.5. The van der Waals surface area contributed by atoms with Crippen molar-refractivity contribution in [2.75, 3.05) is 44.3 Å². The van der Waals surface area contributed by atoms with E-state index in [2.05, 4.69) is 16.0 Å². The highest BCUT2D eigenvalue weighted by atomic mass is 19.1. The van der Waals surface area contributed by atoms with E-state index < -0.39 is 24.0 Å². The average Bonchev–Trinajstić information content (AvgIpc) is 3.42. The summed E-state index contributed by atoms with van der Waals surface area (Å²) in [6.45, 7) is 2.91. The Balaban J connectivity index is 1.42. The number of nitrogens with zero attached hydrogens (tertiary/aromatic N) is 6. The van der Waals surface area contributed by atoms with E-state index in [0.29, 0.717) is 61.2 Å². The van der Waals surface area contributed by atoms with E-state index in [0.717, 1.165) is 12.8 Å². The summed E-state index contributed by atoms with van der Waals surface area (Å²) in [5, 5.41) is 17.1. The second-order valence-corrected chi connectivity index (χ2v) is 12.3. The lowest BCUT2D eigenvalue weighted by Crippen LogP contribution is -2.55. The van der Waals surface area contributed by atoms with Crippen molar-refractivity contribution >= 4 is 38.4 Å². The van der Waals surface area contributed by atoms with Crippen molar-refractivity contribution in [1.29, 1.82) is 0 Å². The predicted octanol–water partition coefficient (Wildman–Crippen LogP) is 5.30. The van der Waals surface area contributed by atoms with Crippen LogP contribution in [0.5, 0.6) is 11.8 Å². The molecule has 3 fully saturated rings. The van der Waals surface area contributed by atoms with Gasteiger partial charge in [0.1, 0.15) is 34.6 Å². The molecular weight excluding hydrogens is 597 g/mol. The van der Waals surface area contributed by atoms with E-state index in [1.807, 2.05) is 9.80 Å². The third-order valence-electron chi connectivity index (χ3n) is 9.41. The van der Waals surface area contributed by atoms with Crippen molar-refractivity contribution in [2.24, 2.45) is 13.0 Å². The lowest BCUT2D eigenvalue weighted by Gasteiger charge is -2.45. The van der Waals surface area contributed by atoms with Crippen LogP contribution in [-0.4, -0.2) is 81.5 Å². The van der Waals surface area contributed by atoms with Crippen LogP contribution >= 0.6 is 0 Å². The van der Waals surface area contributed by atoms with E-state index in [-0.39, 0.29) is 57.3 Å². The SMILES string of the molecule is C#Cc1c(F)ccc2cc(O)cc(-c3c(F)c4nc(OC5[C@@H]6CCCN5C[C@H](F)C6)nc(N5CCOCC5)c4c4cn(C)nc34)c12. The maximum atomic E-state index is 17.4. The molecule has 5 aromatic rings. The Morgan fingerprint density at radius 1 is 1.09 bits per heavy atom. The maximum Gasteiger partial charge on any atom is 0.320 e. The Bertz CT molecular complexity index is 2060. The molecule has 2 unspecified atom stereocenters. The van der Waals surface area contributed by atoms with E-state index in [1.54, 1.807) is 17.9 Å². The molecule has 0 amide bonds. The quantitative estimate of drug-likeness (QED) is 0.269. The van der Waals surface area contributed by atoms with Gasteiger partial charge in [0.25, 0.3) is 0 Å². The number of hydrogen-bond acceptors (Lipinski definition) is 8. The van der Waals surface area contributed by atoms with Gasteiger partial charge in [-0.2, -0.15) is 15.1 Å². The number of anilines is 1.